The standard InChI is InChI=1S/C17H20N2O3/c20-8-5-15-12-22-9-7-19(15)17(21)11-13-3-4-14-2-1-6-18-16(14)10-13/h1-4,6,10,15,20H,5,7-9,11-12H2. The van der Waals surface area contributed by atoms with Crippen LogP contribution in [0.2, 0.25) is 0 Å². The lowest BCUT2D eigenvalue weighted by atomic mass is 10.1. The van der Waals surface area contributed by atoms with E-state index in [1.807, 2.05) is 35.2 Å². The first kappa shape index (κ1) is 14.9. The number of benzene rings is 1. The molecule has 0 bridgehead atoms. The molecule has 1 saturated heterocycles. The van der Waals surface area contributed by atoms with Gasteiger partial charge < -0.3 is 14.7 Å². The van der Waals surface area contributed by atoms with Crippen LogP contribution in [0.1, 0.15) is 12.0 Å². The van der Waals surface area contributed by atoms with Crippen molar-refractivity contribution in [2.45, 2.75) is 18.9 Å². The predicted molar refractivity (Wildman–Crippen MR) is 83.5 cm³/mol. The number of ether oxygens (including phenoxy) is 1. The zero-order valence-electron chi connectivity index (χ0n) is 12.4. The number of pyridine rings is 1. The number of amides is 1. The van der Waals surface area contributed by atoms with Gasteiger partial charge in [-0.15, -0.1) is 0 Å². The second-order valence-electron chi connectivity index (χ2n) is 5.54. The minimum atomic E-state index is -0.0233. The molecule has 1 aromatic carbocycles. The smallest absolute Gasteiger partial charge is 0.227 e. The molecule has 5 nitrogen and oxygen atoms in total. The molecule has 1 unspecified atom stereocenters. The summed E-state index contributed by atoms with van der Waals surface area (Å²) >= 11 is 0. The van der Waals surface area contributed by atoms with Gasteiger partial charge in [0.2, 0.25) is 5.91 Å². The highest BCUT2D eigenvalue weighted by Gasteiger charge is 2.26. The Labute approximate surface area is 129 Å². The van der Waals surface area contributed by atoms with Crippen LogP contribution in [0.25, 0.3) is 10.9 Å². The number of carbonyl (C=O) groups excluding carboxylic acids is 1. The van der Waals surface area contributed by atoms with Crippen LogP contribution in [0.4, 0.5) is 0 Å². The van der Waals surface area contributed by atoms with Crippen molar-refractivity contribution in [3.8, 4) is 0 Å². The molecule has 2 aromatic rings. The fourth-order valence-electron chi connectivity index (χ4n) is 2.87. The second-order valence-corrected chi connectivity index (χ2v) is 5.54. The molecule has 0 spiro atoms. The molecular formula is C17H20N2O3. The maximum absolute atomic E-state index is 12.6. The van der Waals surface area contributed by atoms with Crippen molar-refractivity contribution >= 4 is 16.8 Å². The van der Waals surface area contributed by atoms with Crippen LogP contribution < -0.4 is 0 Å². The van der Waals surface area contributed by atoms with E-state index in [2.05, 4.69) is 4.98 Å². The van der Waals surface area contributed by atoms with E-state index in [9.17, 15) is 4.79 Å². The van der Waals surface area contributed by atoms with Gasteiger partial charge in [-0.1, -0.05) is 18.2 Å². The van der Waals surface area contributed by atoms with E-state index in [1.54, 1.807) is 6.20 Å². The number of nitrogens with zero attached hydrogens (tertiary/aromatic N) is 2. The van der Waals surface area contributed by atoms with Crippen molar-refractivity contribution in [2.24, 2.45) is 0 Å². The summed E-state index contributed by atoms with van der Waals surface area (Å²) in [6, 6.07) is 9.83. The highest BCUT2D eigenvalue weighted by Crippen LogP contribution is 2.16. The van der Waals surface area contributed by atoms with Crippen molar-refractivity contribution < 1.29 is 14.6 Å². The lowest BCUT2D eigenvalue weighted by Gasteiger charge is -2.35. The summed E-state index contributed by atoms with van der Waals surface area (Å²) in [5.74, 6) is 0.0806. The van der Waals surface area contributed by atoms with Gasteiger partial charge in [-0.2, -0.15) is 0 Å². The quantitative estimate of drug-likeness (QED) is 0.927. The number of morpholine rings is 1. The summed E-state index contributed by atoms with van der Waals surface area (Å²) in [4.78, 5) is 18.7. The number of fused-ring (bicyclic) bond motifs is 1. The number of aliphatic hydroxyl groups excluding tert-OH is 1. The van der Waals surface area contributed by atoms with Crippen LogP contribution in [-0.2, 0) is 16.0 Å². The molecule has 3 rings (SSSR count). The highest BCUT2D eigenvalue weighted by atomic mass is 16.5. The molecule has 1 fully saturated rings. The third-order valence-electron chi connectivity index (χ3n) is 4.04. The number of aliphatic hydroxyl groups is 1. The molecular weight excluding hydrogens is 280 g/mol. The summed E-state index contributed by atoms with van der Waals surface area (Å²) in [6.45, 7) is 1.73. The first-order valence-corrected chi connectivity index (χ1v) is 7.59. The molecule has 22 heavy (non-hydrogen) atoms. The predicted octanol–water partition coefficient (Wildman–Crippen LogP) is 1.39. The largest absolute Gasteiger partial charge is 0.396 e. The highest BCUT2D eigenvalue weighted by molar-refractivity contribution is 5.83. The van der Waals surface area contributed by atoms with Gasteiger partial charge in [-0.05, 0) is 24.1 Å². The normalized spacial score (nSPS) is 18.6. The summed E-state index contributed by atoms with van der Waals surface area (Å²) in [5, 5.41) is 10.2. The second kappa shape index (κ2) is 6.85. The van der Waals surface area contributed by atoms with Crippen LogP contribution in [-0.4, -0.2) is 53.3 Å². The molecule has 1 atom stereocenters. The van der Waals surface area contributed by atoms with Crippen molar-refractivity contribution in [1.29, 1.82) is 0 Å². The fraction of sp³-hybridized carbons (Fsp3) is 0.412. The van der Waals surface area contributed by atoms with Gasteiger partial charge in [0.15, 0.2) is 0 Å². The van der Waals surface area contributed by atoms with Gasteiger partial charge in [-0.25, -0.2) is 0 Å². The first-order chi connectivity index (χ1) is 10.8. The van der Waals surface area contributed by atoms with Gasteiger partial charge in [-0.3, -0.25) is 9.78 Å². The minimum Gasteiger partial charge on any atom is -0.396 e. The number of rotatable bonds is 4. The van der Waals surface area contributed by atoms with E-state index in [0.717, 1.165) is 16.5 Å². The summed E-state index contributed by atoms with van der Waals surface area (Å²) in [7, 11) is 0. The van der Waals surface area contributed by atoms with E-state index < -0.39 is 0 Å². The summed E-state index contributed by atoms with van der Waals surface area (Å²) in [6.07, 6.45) is 2.67. The minimum absolute atomic E-state index is 0.0233. The van der Waals surface area contributed by atoms with Crippen LogP contribution >= 0.6 is 0 Å². The van der Waals surface area contributed by atoms with E-state index >= 15 is 0 Å². The Kier molecular flexibility index (Phi) is 4.65. The lowest BCUT2D eigenvalue weighted by molar-refractivity contribution is -0.139. The Bertz CT molecular complexity index is 657. The molecule has 0 radical (unpaired) electrons. The van der Waals surface area contributed by atoms with Crippen molar-refractivity contribution in [3.05, 3.63) is 42.1 Å². The molecule has 1 aromatic heterocycles. The van der Waals surface area contributed by atoms with Crippen LogP contribution in [0, 0.1) is 0 Å². The van der Waals surface area contributed by atoms with Gasteiger partial charge in [0, 0.05) is 24.7 Å². The number of hydrogen-bond acceptors (Lipinski definition) is 4. The fourth-order valence-corrected chi connectivity index (χ4v) is 2.87. The molecule has 1 aliphatic rings. The molecule has 2 heterocycles. The first-order valence-electron chi connectivity index (χ1n) is 7.59. The zero-order valence-corrected chi connectivity index (χ0v) is 12.4. The van der Waals surface area contributed by atoms with Crippen molar-refractivity contribution in [3.63, 3.8) is 0 Å². The molecule has 116 valence electrons. The van der Waals surface area contributed by atoms with Gasteiger partial charge in [0.05, 0.1) is 31.2 Å². The Balaban J connectivity index is 1.73. The van der Waals surface area contributed by atoms with Gasteiger partial charge >= 0.3 is 0 Å². The van der Waals surface area contributed by atoms with E-state index in [-0.39, 0.29) is 18.6 Å². The molecule has 0 aliphatic carbocycles. The molecule has 1 amide bonds. The zero-order chi connectivity index (χ0) is 15.4. The van der Waals surface area contributed by atoms with Crippen molar-refractivity contribution in [2.75, 3.05) is 26.4 Å². The number of aromatic nitrogens is 1. The van der Waals surface area contributed by atoms with Crippen LogP contribution in [0.5, 0.6) is 0 Å². The van der Waals surface area contributed by atoms with Crippen molar-refractivity contribution in [1.82, 2.24) is 9.88 Å². The van der Waals surface area contributed by atoms with Crippen LogP contribution in [0.15, 0.2) is 36.5 Å². The molecule has 1 N–H and O–H groups in total. The average Bonchev–Trinajstić information content (AvgIpc) is 2.55. The van der Waals surface area contributed by atoms with Gasteiger partial charge in [0.1, 0.15) is 0 Å². The van der Waals surface area contributed by atoms with E-state index in [1.165, 1.54) is 0 Å². The summed E-state index contributed by atoms with van der Waals surface area (Å²) in [5.41, 5.74) is 1.87. The summed E-state index contributed by atoms with van der Waals surface area (Å²) < 4.78 is 5.41. The Morgan fingerprint density at radius 3 is 3.18 bits per heavy atom. The Morgan fingerprint density at radius 2 is 2.32 bits per heavy atom. The molecule has 1 aliphatic heterocycles. The Morgan fingerprint density at radius 1 is 1.41 bits per heavy atom. The maximum atomic E-state index is 12.6. The lowest BCUT2D eigenvalue weighted by Crippen LogP contribution is -2.49. The monoisotopic (exact) mass is 300 g/mol. The average molecular weight is 300 g/mol. The SMILES string of the molecule is O=C(Cc1ccc2cccnc2c1)N1CCOCC1CCO. The van der Waals surface area contributed by atoms with Gasteiger partial charge in [0.25, 0.3) is 0 Å². The van der Waals surface area contributed by atoms with Crippen LogP contribution in [0.3, 0.4) is 0 Å². The topological polar surface area (TPSA) is 62.7 Å². The Hall–Kier alpha value is -1.98. The molecule has 0 saturated carbocycles. The maximum Gasteiger partial charge on any atom is 0.227 e. The van der Waals surface area contributed by atoms with E-state index in [4.69, 9.17) is 9.84 Å². The number of carbonyl (C=O) groups is 1. The van der Waals surface area contributed by atoms with E-state index in [0.29, 0.717) is 32.6 Å². The number of hydrogen-bond donors (Lipinski definition) is 1. The third kappa shape index (κ3) is 3.26. The molecule has 5 heteroatoms. The third-order valence-corrected chi connectivity index (χ3v) is 4.04.